The fraction of sp³-hybridized carbons (Fsp3) is 0.267. The predicted molar refractivity (Wildman–Crippen MR) is 86.7 cm³/mol. The average molecular weight is 340 g/mol. The predicted octanol–water partition coefficient (Wildman–Crippen LogP) is 3.58. The molecule has 1 aromatic heterocycles. The number of methoxy groups -OCH3 is 1. The van der Waals surface area contributed by atoms with Crippen LogP contribution in [0.5, 0.6) is 0 Å². The molecule has 0 N–H and O–H groups in total. The van der Waals surface area contributed by atoms with Gasteiger partial charge in [0.2, 0.25) is 5.78 Å². The quantitative estimate of drug-likeness (QED) is 0.781. The van der Waals surface area contributed by atoms with E-state index in [0.717, 1.165) is 0 Å². The Morgan fingerprint density at radius 2 is 1.95 bits per heavy atom. The van der Waals surface area contributed by atoms with Crippen LogP contribution in [0.15, 0.2) is 30.9 Å². The summed E-state index contributed by atoms with van der Waals surface area (Å²) in [6, 6.07) is 5.13. The standard InChI is InChI=1S/C15H15Cl2N3O2/c1-15(2,22-3)14(21)13(20-9-18-8-19-20)7-10-11(16)5-4-6-12(10)17/h4-9H,1-3H3/b13-7-. The number of carbonyl (C=O) groups is 1. The van der Waals surface area contributed by atoms with Crippen molar-refractivity contribution < 1.29 is 9.53 Å². The third-order valence-corrected chi connectivity index (χ3v) is 3.90. The van der Waals surface area contributed by atoms with Crippen molar-refractivity contribution >= 4 is 40.8 Å². The number of halogens is 2. The van der Waals surface area contributed by atoms with Gasteiger partial charge in [0.25, 0.3) is 0 Å². The summed E-state index contributed by atoms with van der Waals surface area (Å²) in [6.07, 6.45) is 4.36. The number of nitrogens with zero attached hydrogens (tertiary/aromatic N) is 3. The van der Waals surface area contributed by atoms with Crippen molar-refractivity contribution in [1.29, 1.82) is 0 Å². The molecule has 1 heterocycles. The maximum absolute atomic E-state index is 12.8. The molecule has 0 saturated heterocycles. The SMILES string of the molecule is COC(C)(C)C(=O)/C(=C/c1c(Cl)cccc1Cl)n1cncn1. The minimum absolute atomic E-state index is 0.263. The summed E-state index contributed by atoms with van der Waals surface area (Å²) in [5, 5.41) is 4.89. The van der Waals surface area contributed by atoms with E-state index < -0.39 is 5.60 Å². The van der Waals surface area contributed by atoms with Gasteiger partial charge >= 0.3 is 0 Å². The molecular formula is C15H15Cl2N3O2. The van der Waals surface area contributed by atoms with Crippen LogP contribution in [0.1, 0.15) is 19.4 Å². The van der Waals surface area contributed by atoms with E-state index in [1.807, 2.05) is 0 Å². The molecule has 0 fully saturated rings. The number of ketones is 1. The molecule has 0 bridgehead atoms. The third-order valence-electron chi connectivity index (χ3n) is 3.24. The van der Waals surface area contributed by atoms with Gasteiger partial charge in [0, 0.05) is 22.7 Å². The lowest BCUT2D eigenvalue weighted by atomic mass is 9.99. The van der Waals surface area contributed by atoms with Crippen molar-refractivity contribution in [3.05, 3.63) is 46.5 Å². The Kier molecular flexibility index (Phi) is 5.01. The van der Waals surface area contributed by atoms with Crippen molar-refractivity contribution in [2.75, 3.05) is 7.11 Å². The van der Waals surface area contributed by atoms with E-state index in [0.29, 0.717) is 15.6 Å². The molecule has 5 nitrogen and oxygen atoms in total. The molecule has 0 radical (unpaired) electrons. The fourth-order valence-electron chi connectivity index (χ4n) is 1.75. The molecule has 22 heavy (non-hydrogen) atoms. The van der Waals surface area contributed by atoms with Gasteiger partial charge in [-0.1, -0.05) is 29.3 Å². The number of benzene rings is 1. The molecule has 0 spiro atoms. The monoisotopic (exact) mass is 339 g/mol. The number of Topliss-reactive ketones (excluding diaryl/α,β-unsaturated/α-hetero) is 1. The first-order valence-electron chi connectivity index (χ1n) is 6.47. The molecule has 7 heteroatoms. The second-order valence-corrected chi connectivity index (χ2v) is 5.86. The zero-order chi connectivity index (χ0) is 16.3. The summed E-state index contributed by atoms with van der Waals surface area (Å²) in [7, 11) is 1.47. The van der Waals surface area contributed by atoms with Crippen LogP contribution < -0.4 is 0 Å². The highest BCUT2D eigenvalue weighted by molar-refractivity contribution is 6.38. The lowest BCUT2D eigenvalue weighted by molar-refractivity contribution is -0.131. The molecule has 0 aliphatic heterocycles. The normalized spacial score (nSPS) is 12.5. The molecule has 0 unspecified atom stereocenters. The Bertz CT molecular complexity index is 689. The van der Waals surface area contributed by atoms with Crippen LogP contribution in [0.25, 0.3) is 11.8 Å². The minimum Gasteiger partial charge on any atom is -0.371 e. The van der Waals surface area contributed by atoms with Crippen LogP contribution in [0.4, 0.5) is 0 Å². The zero-order valence-electron chi connectivity index (χ0n) is 12.4. The van der Waals surface area contributed by atoms with E-state index in [1.54, 1.807) is 38.1 Å². The number of aromatic nitrogens is 3. The van der Waals surface area contributed by atoms with Crippen LogP contribution in [0.3, 0.4) is 0 Å². The van der Waals surface area contributed by atoms with Gasteiger partial charge in [0.05, 0.1) is 0 Å². The molecule has 0 saturated carbocycles. The molecule has 0 amide bonds. The largest absolute Gasteiger partial charge is 0.371 e. The molecule has 2 aromatic rings. The molecule has 0 aliphatic carbocycles. The molecule has 116 valence electrons. The molecule has 2 rings (SSSR count). The highest BCUT2D eigenvalue weighted by Crippen LogP contribution is 2.29. The number of hydrogen-bond acceptors (Lipinski definition) is 4. The summed E-state index contributed by atoms with van der Waals surface area (Å²) in [5.41, 5.74) is -0.221. The Morgan fingerprint density at radius 1 is 1.32 bits per heavy atom. The van der Waals surface area contributed by atoms with Crippen LogP contribution in [0, 0.1) is 0 Å². The lowest BCUT2D eigenvalue weighted by Gasteiger charge is -2.22. The van der Waals surface area contributed by atoms with Crippen LogP contribution >= 0.6 is 23.2 Å². The van der Waals surface area contributed by atoms with E-state index in [-0.39, 0.29) is 11.5 Å². The van der Waals surface area contributed by atoms with E-state index in [4.69, 9.17) is 27.9 Å². The summed E-state index contributed by atoms with van der Waals surface area (Å²) in [5.74, 6) is -0.267. The number of ether oxygens (including phenoxy) is 1. The van der Waals surface area contributed by atoms with Crippen molar-refractivity contribution in [2.24, 2.45) is 0 Å². The zero-order valence-corrected chi connectivity index (χ0v) is 13.9. The highest BCUT2D eigenvalue weighted by Gasteiger charge is 2.31. The lowest BCUT2D eigenvalue weighted by Crippen LogP contribution is -2.35. The maximum Gasteiger partial charge on any atom is 0.212 e. The molecule has 0 aliphatic rings. The van der Waals surface area contributed by atoms with Gasteiger partial charge in [0.1, 0.15) is 24.0 Å². The highest BCUT2D eigenvalue weighted by atomic mass is 35.5. The second kappa shape index (κ2) is 6.60. The summed E-state index contributed by atoms with van der Waals surface area (Å²) < 4.78 is 6.62. The minimum atomic E-state index is -1.02. The Balaban J connectivity index is 2.60. The molecule has 1 aromatic carbocycles. The van der Waals surface area contributed by atoms with Gasteiger partial charge in [-0.15, -0.1) is 0 Å². The van der Waals surface area contributed by atoms with Crippen LogP contribution in [0.2, 0.25) is 10.0 Å². The van der Waals surface area contributed by atoms with E-state index in [2.05, 4.69) is 10.1 Å². The number of rotatable bonds is 5. The van der Waals surface area contributed by atoms with E-state index >= 15 is 0 Å². The van der Waals surface area contributed by atoms with Gasteiger partial charge in [-0.05, 0) is 32.1 Å². The topological polar surface area (TPSA) is 57.0 Å². The second-order valence-electron chi connectivity index (χ2n) is 5.05. The molecule has 0 atom stereocenters. The van der Waals surface area contributed by atoms with Crippen molar-refractivity contribution in [3.63, 3.8) is 0 Å². The van der Waals surface area contributed by atoms with Crippen molar-refractivity contribution in [3.8, 4) is 0 Å². The maximum atomic E-state index is 12.8. The Labute approximate surface area is 138 Å². The van der Waals surface area contributed by atoms with E-state index in [9.17, 15) is 4.79 Å². The first-order chi connectivity index (χ1) is 10.4. The average Bonchev–Trinajstić information content (AvgIpc) is 3.00. The fourth-order valence-corrected chi connectivity index (χ4v) is 2.26. The summed E-state index contributed by atoms with van der Waals surface area (Å²) in [6.45, 7) is 3.35. The smallest absolute Gasteiger partial charge is 0.212 e. The molecular weight excluding hydrogens is 325 g/mol. The van der Waals surface area contributed by atoms with E-state index in [1.165, 1.54) is 24.4 Å². The van der Waals surface area contributed by atoms with Gasteiger partial charge in [-0.3, -0.25) is 4.79 Å². The first-order valence-corrected chi connectivity index (χ1v) is 7.23. The van der Waals surface area contributed by atoms with Crippen molar-refractivity contribution in [1.82, 2.24) is 14.8 Å². The van der Waals surface area contributed by atoms with Gasteiger partial charge in [-0.25, -0.2) is 9.67 Å². The van der Waals surface area contributed by atoms with Gasteiger partial charge in [-0.2, -0.15) is 5.10 Å². The Morgan fingerprint density at radius 3 is 2.45 bits per heavy atom. The first kappa shape index (κ1) is 16.7. The third kappa shape index (κ3) is 3.38. The van der Waals surface area contributed by atoms with Crippen LogP contribution in [-0.2, 0) is 9.53 Å². The van der Waals surface area contributed by atoms with Gasteiger partial charge < -0.3 is 4.74 Å². The number of hydrogen-bond donors (Lipinski definition) is 0. The summed E-state index contributed by atoms with van der Waals surface area (Å²) in [4.78, 5) is 16.6. The van der Waals surface area contributed by atoms with Gasteiger partial charge in [0.15, 0.2) is 0 Å². The van der Waals surface area contributed by atoms with Crippen LogP contribution in [-0.4, -0.2) is 33.3 Å². The van der Waals surface area contributed by atoms with Crippen molar-refractivity contribution in [2.45, 2.75) is 19.4 Å². The summed E-state index contributed by atoms with van der Waals surface area (Å²) >= 11 is 12.3. The Hall–Kier alpha value is -1.69. The number of carbonyl (C=O) groups excluding carboxylic acids is 1.